The van der Waals surface area contributed by atoms with Gasteiger partial charge >= 0.3 is 5.97 Å². The fraction of sp³-hybridized carbons (Fsp3) is 0.333. The molecule has 0 aromatic heterocycles. The van der Waals surface area contributed by atoms with Crippen molar-refractivity contribution in [3.63, 3.8) is 0 Å². The minimum Gasteiger partial charge on any atom is -0.481 e. The monoisotopic (exact) mass is 237 g/mol. The van der Waals surface area contributed by atoms with E-state index in [0.717, 1.165) is 5.56 Å². The van der Waals surface area contributed by atoms with E-state index in [-0.39, 0.29) is 0 Å². The Morgan fingerprint density at radius 1 is 1.47 bits per heavy atom. The standard InChI is InChI=1S/C12H15NO4/c1-8-4-3-5-10(6-8)17-9(2)12(16)13-7-11(14)15/h3-6,9H,7H2,1-2H3,(H,13,16)(H,14,15). The van der Waals surface area contributed by atoms with Crippen LogP contribution < -0.4 is 10.1 Å². The van der Waals surface area contributed by atoms with E-state index in [9.17, 15) is 9.59 Å². The first-order valence-electron chi connectivity index (χ1n) is 5.22. The van der Waals surface area contributed by atoms with Crippen molar-refractivity contribution in [2.75, 3.05) is 6.54 Å². The van der Waals surface area contributed by atoms with Gasteiger partial charge in [-0.25, -0.2) is 0 Å². The zero-order valence-corrected chi connectivity index (χ0v) is 9.77. The van der Waals surface area contributed by atoms with Crippen LogP contribution in [0.25, 0.3) is 0 Å². The maximum atomic E-state index is 11.4. The van der Waals surface area contributed by atoms with Crippen LogP contribution in [-0.4, -0.2) is 29.6 Å². The van der Waals surface area contributed by atoms with Gasteiger partial charge < -0.3 is 15.2 Å². The quantitative estimate of drug-likeness (QED) is 0.799. The first-order valence-corrected chi connectivity index (χ1v) is 5.22. The smallest absolute Gasteiger partial charge is 0.322 e. The van der Waals surface area contributed by atoms with Crippen molar-refractivity contribution < 1.29 is 19.4 Å². The lowest BCUT2D eigenvalue weighted by Gasteiger charge is -2.14. The molecule has 0 aliphatic rings. The Bertz CT molecular complexity index is 417. The SMILES string of the molecule is Cc1cccc(OC(C)C(=O)NCC(=O)O)c1. The van der Waals surface area contributed by atoms with Crippen LogP contribution in [0.4, 0.5) is 0 Å². The van der Waals surface area contributed by atoms with Crippen molar-refractivity contribution in [3.8, 4) is 5.75 Å². The summed E-state index contributed by atoms with van der Waals surface area (Å²) >= 11 is 0. The zero-order valence-electron chi connectivity index (χ0n) is 9.77. The van der Waals surface area contributed by atoms with Crippen molar-refractivity contribution in [2.45, 2.75) is 20.0 Å². The average Bonchev–Trinajstić information content (AvgIpc) is 2.25. The van der Waals surface area contributed by atoms with Crippen molar-refractivity contribution in [1.29, 1.82) is 0 Å². The minimum atomic E-state index is -1.08. The molecule has 0 aliphatic heterocycles. The molecule has 0 saturated carbocycles. The maximum absolute atomic E-state index is 11.4. The van der Waals surface area contributed by atoms with Gasteiger partial charge in [0.15, 0.2) is 6.10 Å². The third-order valence-electron chi connectivity index (χ3n) is 2.09. The molecule has 92 valence electrons. The minimum absolute atomic E-state index is 0.402. The number of carbonyl (C=O) groups excluding carboxylic acids is 1. The second-order valence-electron chi connectivity index (χ2n) is 3.69. The molecule has 0 bridgehead atoms. The Hall–Kier alpha value is -2.04. The van der Waals surface area contributed by atoms with Crippen LogP contribution in [-0.2, 0) is 9.59 Å². The molecule has 0 heterocycles. The molecule has 5 nitrogen and oxygen atoms in total. The van der Waals surface area contributed by atoms with Gasteiger partial charge in [0.25, 0.3) is 5.91 Å². The van der Waals surface area contributed by atoms with E-state index >= 15 is 0 Å². The van der Waals surface area contributed by atoms with Gasteiger partial charge in [-0.05, 0) is 31.5 Å². The summed E-state index contributed by atoms with van der Waals surface area (Å²) in [5.41, 5.74) is 1.03. The summed E-state index contributed by atoms with van der Waals surface area (Å²) in [5.74, 6) is -0.946. The molecule has 17 heavy (non-hydrogen) atoms. The fourth-order valence-electron chi connectivity index (χ4n) is 1.25. The van der Waals surface area contributed by atoms with E-state index < -0.39 is 24.5 Å². The molecule has 1 aromatic carbocycles. The fourth-order valence-corrected chi connectivity index (χ4v) is 1.25. The summed E-state index contributed by atoms with van der Waals surface area (Å²) in [6.07, 6.45) is -0.726. The predicted molar refractivity (Wildman–Crippen MR) is 61.9 cm³/mol. The number of aliphatic carboxylic acids is 1. The Morgan fingerprint density at radius 2 is 2.18 bits per heavy atom. The van der Waals surface area contributed by atoms with Crippen LogP contribution in [0.15, 0.2) is 24.3 Å². The molecule has 1 rings (SSSR count). The van der Waals surface area contributed by atoms with Crippen molar-refractivity contribution >= 4 is 11.9 Å². The van der Waals surface area contributed by atoms with Gasteiger partial charge in [0.05, 0.1) is 0 Å². The number of carboxylic acid groups (broad SMARTS) is 1. The van der Waals surface area contributed by atoms with Gasteiger partial charge in [-0.3, -0.25) is 9.59 Å². The average molecular weight is 237 g/mol. The van der Waals surface area contributed by atoms with E-state index in [1.165, 1.54) is 0 Å². The number of amides is 1. The molecule has 5 heteroatoms. The summed E-state index contributed by atoms with van der Waals surface area (Å²) < 4.78 is 5.38. The molecule has 0 spiro atoms. The first kappa shape index (κ1) is 13.0. The van der Waals surface area contributed by atoms with Crippen molar-refractivity contribution in [1.82, 2.24) is 5.32 Å². The second-order valence-corrected chi connectivity index (χ2v) is 3.69. The number of hydrogen-bond donors (Lipinski definition) is 2. The van der Waals surface area contributed by atoms with Crippen LogP contribution >= 0.6 is 0 Å². The highest BCUT2D eigenvalue weighted by Gasteiger charge is 2.15. The molecule has 0 radical (unpaired) electrons. The summed E-state index contributed by atoms with van der Waals surface area (Å²) in [7, 11) is 0. The lowest BCUT2D eigenvalue weighted by Crippen LogP contribution is -2.39. The number of ether oxygens (including phenoxy) is 1. The van der Waals surface area contributed by atoms with Crippen LogP contribution in [0.2, 0.25) is 0 Å². The molecule has 0 fully saturated rings. The van der Waals surface area contributed by atoms with E-state index in [0.29, 0.717) is 5.75 Å². The molecule has 2 N–H and O–H groups in total. The van der Waals surface area contributed by atoms with Crippen LogP contribution in [0, 0.1) is 6.92 Å². The number of nitrogens with one attached hydrogen (secondary N) is 1. The Morgan fingerprint density at radius 3 is 2.76 bits per heavy atom. The van der Waals surface area contributed by atoms with Crippen molar-refractivity contribution in [3.05, 3.63) is 29.8 Å². The van der Waals surface area contributed by atoms with Gasteiger partial charge in [-0.1, -0.05) is 12.1 Å². The summed E-state index contributed by atoms with van der Waals surface area (Å²) in [6, 6.07) is 7.30. The number of rotatable bonds is 5. The summed E-state index contributed by atoms with van der Waals surface area (Å²) in [4.78, 5) is 21.7. The van der Waals surface area contributed by atoms with E-state index in [1.54, 1.807) is 19.1 Å². The third kappa shape index (κ3) is 4.55. The van der Waals surface area contributed by atoms with E-state index in [2.05, 4.69) is 5.32 Å². The highest BCUT2D eigenvalue weighted by Crippen LogP contribution is 2.14. The molecule has 1 aromatic rings. The molecule has 1 atom stereocenters. The first-order chi connectivity index (χ1) is 7.99. The molecule has 1 unspecified atom stereocenters. The molecular weight excluding hydrogens is 222 g/mol. The second kappa shape index (κ2) is 5.89. The number of carboxylic acids is 1. The van der Waals surface area contributed by atoms with E-state index in [1.807, 2.05) is 19.1 Å². The molecule has 0 aliphatic carbocycles. The van der Waals surface area contributed by atoms with Crippen molar-refractivity contribution in [2.24, 2.45) is 0 Å². The Labute approximate surface area is 99.4 Å². The van der Waals surface area contributed by atoms with Gasteiger partial charge in [0, 0.05) is 0 Å². The highest BCUT2D eigenvalue weighted by atomic mass is 16.5. The van der Waals surface area contributed by atoms with Gasteiger partial charge in [0.2, 0.25) is 0 Å². The molecule has 1 amide bonds. The largest absolute Gasteiger partial charge is 0.481 e. The third-order valence-corrected chi connectivity index (χ3v) is 2.09. The predicted octanol–water partition coefficient (Wildman–Crippen LogP) is 0.963. The molecular formula is C12H15NO4. The van der Waals surface area contributed by atoms with Gasteiger partial charge in [-0.15, -0.1) is 0 Å². The number of benzene rings is 1. The topological polar surface area (TPSA) is 75.6 Å². The zero-order chi connectivity index (χ0) is 12.8. The number of carbonyl (C=O) groups is 2. The summed E-state index contributed by atoms with van der Waals surface area (Å²) in [5, 5.41) is 10.7. The summed E-state index contributed by atoms with van der Waals surface area (Å²) in [6.45, 7) is 3.09. The van der Waals surface area contributed by atoms with Gasteiger partial charge in [0.1, 0.15) is 12.3 Å². The Kier molecular flexibility index (Phi) is 4.51. The lowest BCUT2D eigenvalue weighted by atomic mass is 10.2. The number of hydrogen-bond acceptors (Lipinski definition) is 3. The Balaban J connectivity index is 2.51. The van der Waals surface area contributed by atoms with Crippen LogP contribution in [0.1, 0.15) is 12.5 Å². The number of aryl methyl sites for hydroxylation is 1. The van der Waals surface area contributed by atoms with Crippen LogP contribution in [0.5, 0.6) is 5.75 Å². The highest BCUT2D eigenvalue weighted by molar-refractivity contribution is 5.84. The van der Waals surface area contributed by atoms with Crippen LogP contribution in [0.3, 0.4) is 0 Å². The lowest BCUT2D eigenvalue weighted by molar-refractivity contribution is -0.139. The maximum Gasteiger partial charge on any atom is 0.322 e. The van der Waals surface area contributed by atoms with Gasteiger partial charge in [-0.2, -0.15) is 0 Å². The molecule has 0 saturated heterocycles. The normalized spacial score (nSPS) is 11.6. The van der Waals surface area contributed by atoms with E-state index in [4.69, 9.17) is 9.84 Å².